The molecule has 0 saturated carbocycles. The highest BCUT2D eigenvalue weighted by atomic mass is 16.2. The molecule has 3 N–H and O–H groups in total. The van der Waals surface area contributed by atoms with Crippen LogP contribution >= 0.6 is 0 Å². The van der Waals surface area contributed by atoms with E-state index in [1.165, 1.54) is 0 Å². The Bertz CT molecular complexity index is 282. The Labute approximate surface area is 94.7 Å². The van der Waals surface area contributed by atoms with E-state index in [-0.39, 0.29) is 18.0 Å². The molecule has 0 radical (unpaired) electrons. The molecule has 1 atom stereocenters. The van der Waals surface area contributed by atoms with Gasteiger partial charge < -0.3 is 20.9 Å². The Hall–Kier alpha value is -1.30. The summed E-state index contributed by atoms with van der Waals surface area (Å²) in [4.78, 5) is 23.9. The molecule has 90 valence electrons. The lowest BCUT2D eigenvalue weighted by Gasteiger charge is -2.16. The van der Waals surface area contributed by atoms with Crippen LogP contribution in [0.15, 0.2) is 0 Å². The average molecular weight is 226 g/mol. The monoisotopic (exact) mass is 226 g/mol. The van der Waals surface area contributed by atoms with Gasteiger partial charge in [-0.25, -0.2) is 4.79 Å². The summed E-state index contributed by atoms with van der Waals surface area (Å²) in [5, 5.41) is 8.92. The van der Waals surface area contributed by atoms with E-state index in [0.29, 0.717) is 6.42 Å². The van der Waals surface area contributed by atoms with Crippen LogP contribution in [-0.2, 0) is 4.79 Å². The topological polar surface area (TPSA) is 73.5 Å². The smallest absolute Gasteiger partial charge is 0.317 e. The van der Waals surface area contributed by atoms with Gasteiger partial charge in [-0.1, -0.05) is 0 Å². The van der Waals surface area contributed by atoms with Crippen LogP contribution in [-0.4, -0.2) is 55.6 Å². The van der Waals surface area contributed by atoms with Crippen molar-refractivity contribution in [2.75, 3.05) is 32.7 Å². The van der Waals surface area contributed by atoms with Gasteiger partial charge in [0.25, 0.3) is 0 Å². The highest BCUT2D eigenvalue weighted by Crippen LogP contribution is 2.04. The quantitative estimate of drug-likeness (QED) is 0.520. The second-order valence-electron chi connectivity index (χ2n) is 4.23. The second kappa shape index (κ2) is 5.16. The SMILES string of the molecule is O=C1CCC(CNCCN2CCNC2=O)N1. The van der Waals surface area contributed by atoms with Crippen molar-refractivity contribution in [3.05, 3.63) is 0 Å². The lowest BCUT2D eigenvalue weighted by atomic mass is 10.2. The zero-order valence-electron chi connectivity index (χ0n) is 9.29. The van der Waals surface area contributed by atoms with E-state index in [2.05, 4.69) is 16.0 Å². The standard InChI is InChI=1S/C10H18N4O2/c15-9-2-1-8(13-9)7-11-3-5-14-6-4-12-10(14)16/h8,11H,1-7H2,(H,12,16)(H,13,15). The molecule has 2 rings (SSSR count). The first kappa shape index (κ1) is 11.2. The minimum atomic E-state index is 0.0240. The zero-order chi connectivity index (χ0) is 11.4. The van der Waals surface area contributed by atoms with E-state index in [0.717, 1.165) is 39.1 Å². The molecular weight excluding hydrogens is 208 g/mol. The first-order valence-electron chi connectivity index (χ1n) is 5.78. The van der Waals surface area contributed by atoms with Crippen LogP contribution < -0.4 is 16.0 Å². The zero-order valence-corrected chi connectivity index (χ0v) is 9.29. The van der Waals surface area contributed by atoms with Crippen molar-refractivity contribution in [3.8, 4) is 0 Å². The van der Waals surface area contributed by atoms with Crippen LogP contribution in [0.1, 0.15) is 12.8 Å². The fraction of sp³-hybridized carbons (Fsp3) is 0.800. The molecule has 0 aromatic rings. The molecule has 2 fully saturated rings. The van der Waals surface area contributed by atoms with Crippen LogP contribution in [0.2, 0.25) is 0 Å². The van der Waals surface area contributed by atoms with E-state index in [1.54, 1.807) is 4.90 Å². The maximum Gasteiger partial charge on any atom is 0.317 e. The molecule has 0 aromatic carbocycles. The molecule has 2 aliphatic rings. The molecule has 6 heteroatoms. The van der Waals surface area contributed by atoms with Gasteiger partial charge in [0.05, 0.1) is 0 Å². The summed E-state index contributed by atoms with van der Waals surface area (Å²) in [6.45, 7) is 3.84. The van der Waals surface area contributed by atoms with Crippen molar-refractivity contribution in [2.24, 2.45) is 0 Å². The van der Waals surface area contributed by atoms with Gasteiger partial charge in [-0.05, 0) is 6.42 Å². The van der Waals surface area contributed by atoms with Crippen molar-refractivity contribution in [2.45, 2.75) is 18.9 Å². The number of hydrogen-bond donors (Lipinski definition) is 3. The molecule has 2 saturated heterocycles. The van der Waals surface area contributed by atoms with Crippen LogP contribution in [0.3, 0.4) is 0 Å². The van der Waals surface area contributed by atoms with Gasteiger partial charge in [0.15, 0.2) is 0 Å². The Kier molecular flexibility index (Phi) is 3.61. The van der Waals surface area contributed by atoms with E-state index >= 15 is 0 Å². The van der Waals surface area contributed by atoms with Crippen molar-refractivity contribution in [1.82, 2.24) is 20.9 Å². The highest BCUT2D eigenvalue weighted by Gasteiger charge is 2.21. The molecule has 3 amide bonds. The summed E-state index contributed by atoms with van der Waals surface area (Å²) >= 11 is 0. The van der Waals surface area contributed by atoms with Crippen molar-refractivity contribution in [3.63, 3.8) is 0 Å². The van der Waals surface area contributed by atoms with E-state index < -0.39 is 0 Å². The lowest BCUT2D eigenvalue weighted by Crippen LogP contribution is -2.40. The fourth-order valence-electron chi connectivity index (χ4n) is 2.05. The molecule has 6 nitrogen and oxygen atoms in total. The first-order chi connectivity index (χ1) is 7.75. The molecule has 0 spiro atoms. The molecule has 2 heterocycles. The predicted molar refractivity (Wildman–Crippen MR) is 59.0 cm³/mol. The first-order valence-corrected chi connectivity index (χ1v) is 5.78. The van der Waals surface area contributed by atoms with Gasteiger partial charge in [0, 0.05) is 45.2 Å². The van der Waals surface area contributed by atoms with E-state index in [1.807, 2.05) is 0 Å². The third-order valence-electron chi connectivity index (χ3n) is 2.98. The fourth-order valence-corrected chi connectivity index (χ4v) is 2.05. The largest absolute Gasteiger partial charge is 0.352 e. The number of nitrogens with zero attached hydrogens (tertiary/aromatic N) is 1. The Balaban J connectivity index is 1.55. The minimum Gasteiger partial charge on any atom is -0.352 e. The minimum absolute atomic E-state index is 0.0240. The molecular formula is C10H18N4O2. The van der Waals surface area contributed by atoms with Gasteiger partial charge in [-0.15, -0.1) is 0 Å². The maximum atomic E-state index is 11.2. The number of rotatable bonds is 5. The Morgan fingerprint density at radius 3 is 2.94 bits per heavy atom. The number of carbonyl (C=O) groups excluding carboxylic acids is 2. The number of hydrogen-bond acceptors (Lipinski definition) is 3. The summed E-state index contributed by atoms with van der Waals surface area (Å²) < 4.78 is 0. The summed E-state index contributed by atoms with van der Waals surface area (Å²) in [6, 6.07) is 0.288. The van der Waals surface area contributed by atoms with Crippen molar-refractivity contribution < 1.29 is 9.59 Å². The number of nitrogens with one attached hydrogen (secondary N) is 3. The third kappa shape index (κ3) is 2.85. The number of carbonyl (C=O) groups is 2. The highest BCUT2D eigenvalue weighted by molar-refractivity contribution is 5.78. The predicted octanol–water partition coefficient (Wildman–Crippen LogP) is -1.12. The van der Waals surface area contributed by atoms with Gasteiger partial charge in [0.1, 0.15) is 0 Å². The van der Waals surface area contributed by atoms with Gasteiger partial charge in [-0.2, -0.15) is 0 Å². The number of urea groups is 1. The molecule has 16 heavy (non-hydrogen) atoms. The average Bonchev–Trinajstić information content (AvgIpc) is 2.83. The van der Waals surface area contributed by atoms with Gasteiger partial charge >= 0.3 is 6.03 Å². The summed E-state index contributed by atoms with van der Waals surface area (Å²) in [5.74, 6) is 0.144. The molecule has 0 aromatic heterocycles. The molecule has 2 aliphatic heterocycles. The third-order valence-corrected chi connectivity index (χ3v) is 2.98. The van der Waals surface area contributed by atoms with Gasteiger partial charge in [0.2, 0.25) is 5.91 Å². The normalized spacial score (nSPS) is 24.8. The number of amides is 3. The molecule has 0 aliphatic carbocycles. The maximum absolute atomic E-state index is 11.2. The van der Waals surface area contributed by atoms with Crippen LogP contribution in [0.25, 0.3) is 0 Å². The van der Waals surface area contributed by atoms with Crippen LogP contribution in [0, 0.1) is 0 Å². The van der Waals surface area contributed by atoms with E-state index in [9.17, 15) is 9.59 Å². The summed E-state index contributed by atoms with van der Waals surface area (Å²) in [6.07, 6.45) is 1.55. The summed E-state index contributed by atoms with van der Waals surface area (Å²) in [7, 11) is 0. The molecule has 1 unspecified atom stereocenters. The van der Waals surface area contributed by atoms with E-state index in [4.69, 9.17) is 0 Å². The second-order valence-corrected chi connectivity index (χ2v) is 4.23. The van der Waals surface area contributed by atoms with Crippen molar-refractivity contribution in [1.29, 1.82) is 0 Å². The lowest BCUT2D eigenvalue weighted by molar-refractivity contribution is -0.119. The Morgan fingerprint density at radius 2 is 2.31 bits per heavy atom. The van der Waals surface area contributed by atoms with Gasteiger partial charge in [-0.3, -0.25) is 4.79 Å². The summed E-state index contributed by atoms with van der Waals surface area (Å²) in [5.41, 5.74) is 0. The van der Waals surface area contributed by atoms with Crippen LogP contribution in [0.5, 0.6) is 0 Å². The Morgan fingerprint density at radius 1 is 1.44 bits per heavy atom. The van der Waals surface area contributed by atoms with Crippen molar-refractivity contribution >= 4 is 11.9 Å². The van der Waals surface area contributed by atoms with Crippen LogP contribution in [0.4, 0.5) is 4.79 Å². The molecule has 0 bridgehead atoms.